The molecule has 1 saturated carbocycles. The van der Waals surface area contributed by atoms with Crippen molar-refractivity contribution in [3.63, 3.8) is 0 Å². The maximum Gasteiger partial charge on any atom is 0.254 e. The molecule has 0 radical (unpaired) electrons. The quantitative estimate of drug-likeness (QED) is 0.854. The van der Waals surface area contributed by atoms with E-state index in [1.807, 2.05) is 31.2 Å². The molecule has 2 aromatic rings. The van der Waals surface area contributed by atoms with Crippen molar-refractivity contribution in [3.8, 4) is 0 Å². The van der Waals surface area contributed by atoms with Gasteiger partial charge in [0.25, 0.3) is 5.91 Å². The van der Waals surface area contributed by atoms with E-state index >= 15 is 0 Å². The summed E-state index contributed by atoms with van der Waals surface area (Å²) in [5.74, 6) is 0.181. The van der Waals surface area contributed by atoms with Gasteiger partial charge in [-0.15, -0.1) is 0 Å². The molecule has 4 rings (SSSR count). The summed E-state index contributed by atoms with van der Waals surface area (Å²) in [6.45, 7) is 4.88. The molecule has 0 aromatic heterocycles. The maximum absolute atomic E-state index is 13.2. The molecule has 130 valence electrons. The Balaban J connectivity index is 1.56. The average molecular weight is 334 g/mol. The molecule has 25 heavy (non-hydrogen) atoms. The third-order valence-electron chi connectivity index (χ3n) is 5.42. The molecule has 1 unspecified atom stereocenters. The summed E-state index contributed by atoms with van der Waals surface area (Å²) < 4.78 is 0. The molecule has 1 heterocycles. The van der Waals surface area contributed by atoms with Gasteiger partial charge in [-0.05, 0) is 43.9 Å². The molecular weight excluding hydrogens is 308 g/mol. The van der Waals surface area contributed by atoms with Gasteiger partial charge in [-0.1, -0.05) is 48.0 Å². The first-order valence-corrected chi connectivity index (χ1v) is 9.36. The lowest BCUT2D eigenvalue weighted by Crippen LogP contribution is -2.56. The van der Waals surface area contributed by atoms with Crippen molar-refractivity contribution in [3.05, 3.63) is 71.3 Å². The van der Waals surface area contributed by atoms with Gasteiger partial charge in [0.05, 0.1) is 0 Å². The lowest BCUT2D eigenvalue weighted by atomic mass is 10.0. The van der Waals surface area contributed by atoms with E-state index in [9.17, 15) is 4.79 Å². The van der Waals surface area contributed by atoms with Gasteiger partial charge in [-0.25, -0.2) is 0 Å². The Labute approximate surface area is 150 Å². The number of aryl methyl sites for hydroxylation is 1. The standard InChI is InChI=1S/C22H26N2O/c1-17-6-5-9-19(14-17)22(25)24-13-12-23(20-10-11-20)16-21(24)15-18-7-3-2-4-8-18/h2-9,14,20-21H,10-13,15-16H2,1H3. The molecule has 1 aliphatic heterocycles. The van der Waals surface area contributed by atoms with Crippen LogP contribution in [0.2, 0.25) is 0 Å². The van der Waals surface area contributed by atoms with Crippen molar-refractivity contribution in [2.24, 2.45) is 0 Å². The second kappa shape index (κ2) is 7.01. The fourth-order valence-corrected chi connectivity index (χ4v) is 3.92. The second-order valence-corrected chi connectivity index (χ2v) is 7.44. The molecular formula is C22H26N2O. The molecule has 0 bridgehead atoms. The Hall–Kier alpha value is -2.13. The summed E-state index contributed by atoms with van der Waals surface area (Å²) >= 11 is 0. The number of hydrogen-bond donors (Lipinski definition) is 0. The first-order chi connectivity index (χ1) is 12.2. The van der Waals surface area contributed by atoms with E-state index in [4.69, 9.17) is 0 Å². The van der Waals surface area contributed by atoms with Crippen LogP contribution in [0.4, 0.5) is 0 Å². The summed E-state index contributed by atoms with van der Waals surface area (Å²) in [5, 5.41) is 0. The minimum atomic E-state index is 0.181. The van der Waals surface area contributed by atoms with Crippen LogP contribution in [-0.2, 0) is 6.42 Å². The molecule has 1 atom stereocenters. The molecule has 2 aliphatic rings. The van der Waals surface area contributed by atoms with Crippen molar-refractivity contribution in [2.75, 3.05) is 19.6 Å². The zero-order chi connectivity index (χ0) is 17.2. The lowest BCUT2D eigenvalue weighted by molar-refractivity contribution is 0.0437. The monoisotopic (exact) mass is 334 g/mol. The van der Waals surface area contributed by atoms with E-state index in [1.54, 1.807) is 0 Å². The van der Waals surface area contributed by atoms with Gasteiger partial charge in [0.15, 0.2) is 0 Å². The number of benzene rings is 2. The van der Waals surface area contributed by atoms with Crippen molar-refractivity contribution in [1.82, 2.24) is 9.80 Å². The Morgan fingerprint density at radius 1 is 1.04 bits per heavy atom. The zero-order valence-corrected chi connectivity index (χ0v) is 14.9. The van der Waals surface area contributed by atoms with Crippen LogP contribution in [0.25, 0.3) is 0 Å². The normalized spacial score (nSPS) is 21.3. The third-order valence-corrected chi connectivity index (χ3v) is 5.42. The van der Waals surface area contributed by atoms with E-state index in [0.29, 0.717) is 0 Å². The van der Waals surface area contributed by atoms with Gasteiger partial charge in [0, 0.05) is 37.3 Å². The van der Waals surface area contributed by atoms with Crippen LogP contribution in [0, 0.1) is 6.92 Å². The molecule has 0 N–H and O–H groups in total. The summed E-state index contributed by atoms with van der Waals surface area (Å²) in [6, 6.07) is 19.6. The fourth-order valence-electron chi connectivity index (χ4n) is 3.92. The van der Waals surface area contributed by atoms with Crippen LogP contribution in [0.3, 0.4) is 0 Å². The average Bonchev–Trinajstić information content (AvgIpc) is 3.47. The van der Waals surface area contributed by atoms with Crippen LogP contribution in [0.5, 0.6) is 0 Å². The number of nitrogens with zero attached hydrogens (tertiary/aromatic N) is 2. The molecule has 0 spiro atoms. The molecule has 1 saturated heterocycles. The summed E-state index contributed by atoms with van der Waals surface area (Å²) in [6.07, 6.45) is 3.58. The number of amides is 1. The van der Waals surface area contributed by atoms with Crippen molar-refractivity contribution < 1.29 is 4.79 Å². The first kappa shape index (κ1) is 16.3. The molecule has 2 aromatic carbocycles. The largest absolute Gasteiger partial charge is 0.333 e. The van der Waals surface area contributed by atoms with Crippen LogP contribution in [0.1, 0.15) is 34.3 Å². The number of hydrogen-bond acceptors (Lipinski definition) is 2. The Morgan fingerprint density at radius 2 is 1.84 bits per heavy atom. The van der Waals surface area contributed by atoms with E-state index in [0.717, 1.165) is 43.2 Å². The number of carbonyl (C=O) groups is 1. The molecule has 1 aliphatic carbocycles. The minimum Gasteiger partial charge on any atom is -0.333 e. The Bertz CT molecular complexity index is 739. The Morgan fingerprint density at radius 3 is 2.56 bits per heavy atom. The van der Waals surface area contributed by atoms with Crippen LogP contribution in [0.15, 0.2) is 54.6 Å². The van der Waals surface area contributed by atoms with Crippen LogP contribution >= 0.6 is 0 Å². The SMILES string of the molecule is Cc1cccc(C(=O)N2CCN(C3CC3)CC2Cc2ccccc2)c1. The fraction of sp³-hybridized carbons (Fsp3) is 0.409. The van der Waals surface area contributed by atoms with Gasteiger partial charge in [-0.2, -0.15) is 0 Å². The molecule has 3 heteroatoms. The zero-order valence-electron chi connectivity index (χ0n) is 14.9. The maximum atomic E-state index is 13.2. The van der Waals surface area contributed by atoms with E-state index in [1.165, 1.54) is 18.4 Å². The smallest absolute Gasteiger partial charge is 0.254 e. The third kappa shape index (κ3) is 3.77. The highest BCUT2D eigenvalue weighted by atomic mass is 16.2. The first-order valence-electron chi connectivity index (χ1n) is 9.36. The highest BCUT2D eigenvalue weighted by Crippen LogP contribution is 2.30. The highest BCUT2D eigenvalue weighted by Gasteiger charge is 2.37. The van der Waals surface area contributed by atoms with E-state index < -0.39 is 0 Å². The van der Waals surface area contributed by atoms with Gasteiger partial charge in [0.2, 0.25) is 0 Å². The molecule has 3 nitrogen and oxygen atoms in total. The van der Waals surface area contributed by atoms with Crippen LogP contribution < -0.4 is 0 Å². The van der Waals surface area contributed by atoms with Gasteiger partial charge < -0.3 is 4.90 Å². The number of carbonyl (C=O) groups excluding carboxylic acids is 1. The predicted octanol–water partition coefficient (Wildman–Crippen LogP) is 3.53. The van der Waals surface area contributed by atoms with Gasteiger partial charge in [-0.3, -0.25) is 9.69 Å². The number of piperazine rings is 1. The molecule has 1 amide bonds. The van der Waals surface area contributed by atoms with Crippen molar-refractivity contribution >= 4 is 5.91 Å². The topological polar surface area (TPSA) is 23.6 Å². The van der Waals surface area contributed by atoms with Gasteiger partial charge in [0.1, 0.15) is 0 Å². The Kier molecular flexibility index (Phi) is 4.58. The van der Waals surface area contributed by atoms with E-state index in [2.05, 4.69) is 40.1 Å². The summed E-state index contributed by atoms with van der Waals surface area (Å²) in [4.78, 5) is 17.9. The minimum absolute atomic E-state index is 0.181. The number of rotatable bonds is 4. The summed E-state index contributed by atoms with van der Waals surface area (Å²) in [5.41, 5.74) is 3.27. The van der Waals surface area contributed by atoms with Crippen LogP contribution in [-0.4, -0.2) is 47.4 Å². The van der Waals surface area contributed by atoms with Crippen molar-refractivity contribution in [1.29, 1.82) is 0 Å². The van der Waals surface area contributed by atoms with Gasteiger partial charge >= 0.3 is 0 Å². The lowest BCUT2D eigenvalue weighted by Gasteiger charge is -2.42. The molecule has 2 fully saturated rings. The summed E-state index contributed by atoms with van der Waals surface area (Å²) in [7, 11) is 0. The highest BCUT2D eigenvalue weighted by molar-refractivity contribution is 5.94. The second-order valence-electron chi connectivity index (χ2n) is 7.44. The van der Waals surface area contributed by atoms with E-state index in [-0.39, 0.29) is 11.9 Å². The van der Waals surface area contributed by atoms with Crippen molar-refractivity contribution in [2.45, 2.75) is 38.3 Å². The predicted molar refractivity (Wildman–Crippen MR) is 101 cm³/mol.